The van der Waals surface area contributed by atoms with E-state index < -0.39 is 0 Å². The lowest BCUT2D eigenvalue weighted by atomic mass is 10.2. The number of fused-ring (bicyclic) bond motifs is 1. The van der Waals surface area contributed by atoms with Crippen LogP contribution in [-0.2, 0) is 11.3 Å². The maximum atomic E-state index is 5.73. The third-order valence-corrected chi connectivity index (χ3v) is 3.65. The fourth-order valence-corrected chi connectivity index (χ4v) is 2.57. The van der Waals surface area contributed by atoms with Gasteiger partial charge in [-0.05, 0) is 24.7 Å². The standard InChI is InChI=1S/C15H22N2O3/c1-17-4-5-18-13(11-17)10-16-9-12-2-3-14-15(8-12)20-7-6-19-14/h2-3,8,13,16H,4-7,9-11H2,1H3/t13-/m1/s1. The Bertz CT molecular complexity index is 453. The number of hydrogen-bond acceptors (Lipinski definition) is 5. The molecule has 1 atom stereocenters. The molecule has 5 nitrogen and oxygen atoms in total. The normalized spacial score (nSPS) is 22.8. The van der Waals surface area contributed by atoms with Gasteiger partial charge in [0.25, 0.3) is 0 Å². The molecule has 3 rings (SSSR count). The zero-order valence-corrected chi connectivity index (χ0v) is 11.9. The number of likely N-dealkylation sites (N-methyl/N-ethyl adjacent to an activating group) is 1. The predicted octanol–water partition coefficient (Wildman–Crippen LogP) is 0.878. The third kappa shape index (κ3) is 3.42. The Morgan fingerprint density at radius 2 is 2.05 bits per heavy atom. The highest BCUT2D eigenvalue weighted by molar-refractivity contribution is 5.43. The molecule has 1 saturated heterocycles. The topological polar surface area (TPSA) is 43.0 Å². The predicted molar refractivity (Wildman–Crippen MR) is 76.4 cm³/mol. The van der Waals surface area contributed by atoms with Gasteiger partial charge in [-0.15, -0.1) is 0 Å². The van der Waals surface area contributed by atoms with Gasteiger partial charge in [-0.3, -0.25) is 0 Å². The van der Waals surface area contributed by atoms with Crippen LogP contribution in [0.5, 0.6) is 11.5 Å². The van der Waals surface area contributed by atoms with Gasteiger partial charge in [0.2, 0.25) is 0 Å². The second kappa shape index (κ2) is 6.43. The maximum absolute atomic E-state index is 5.73. The number of hydrogen-bond donors (Lipinski definition) is 1. The number of morpholine rings is 1. The molecule has 0 bridgehead atoms. The van der Waals surface area contributed by atoms with Crippen molar-refractivity contribution in [2.75, 3.05) is 46.5 Å². The van der Waals surface area contributed by atoms with Crippen molar-refractivity contribution in [1.82, 2.24) is 10.2 Å². The van der Waals surface area contributed by atoms with Gasteiger partial charge in [0.15, 0.2) is 11.5 Å². The SMILES string of the molecule is CN1CCO[C@H](CNCc2ccc3c(c2)OCCO3)C1. The van der Waals surface area contributed by atoms with Crippen LogP contribution in [0.4, 0.5) is 0 Å². The average molecular weight is 278 g/mol. The van der Waals surface area contributed by atoms with E-state index in [0.717, 1.165) is 44.3 Å². The van der Waals surface area contributed by atoms with Crippen LogP contribution in [0.15, 0.2) is 18.2 Å². The van der Waals surface area contributed by atoms with E-state index >= 15 is 0 Å². The highest BCUT2D eigenvalue weighted by atomic mass is 16.6. The van der Waals surface area contributed by atoms with E-state index in [1.807, 2.05) is 6.07 Å². The minimum Gasteiger partial charge on any atom is -0.486 e. The molecule has 2 aliphatic heterocycles. The van der Waals surface area contributed by atoms with Crippen LogP contribution in [0.1, 0.15) is 5.56 Å². The summed E-state index contributed by atoms with van der Waals surface area (Å²) in [6.45, 7) is 5.81. The van der Waals surface area contributed by atoms with Crippen molar-refractivity contribution in [3.05, 3.63) is 23.8 Å². The molecule has 0 saturated carbocycles. The highest BCUT2D eigenvalue weighted by Gasteiger charge is 2.17. The number of nitrogens with zero attached hydrogens (tertiary/aromatic N) is 1. The summed E-state index contributed by atoms with van der Waals surface area (Å²) in [6, 6.07) is 6.11. The number of nitrogens with one attached hydrogen (secondary N) is 1. The van der Waals surface area contributed by atoms with Gasteiger partial charge in [0.1, 0.15) is 13.2 Å². The lowest BCUT2D eigenvalue weighted by molar-refractivity contribution is -0.0182. The van der Waals surface area contributed by atoms with Crippen molar-refractivity contribution in [2.24, 2.45) is 0 Å². The molecule has 20 heavy (non-hydrogen) atoms. The van der Waals surface area contributed by atoms with Crippen LogP contribution in [0, 0.1) is 0 Å². The molecule has 2 aliphatic rings. The molecule has 0 unspecified atom stereocenters. The number of benzene rings is 1. The van der Waals surface area contributed by atoms with Crippen LogP contribution in [0.25, 0.3) is 0 Å². The second-order valence-electron chi connectivity index (χ2n) is 5.36. The summed E-state index contributed by atoms with van der Waals surface area (Å²) in [5.74, 6) is 1.70. The van der Waals surface area contributed by atoms with E-state index in [1.54, 1.807) is 0 Å². The molecule has 0 aromatic heterocycles. The molecule has 5 heteroatoms. The van der Waals surface area contributed by atoms with Gasteiger partial charge >= 0.3 is 0 Å². The zero-order chi connectivity index (χ0) is 13.8. The van der Waals surface area contributed by atoms with E-state index in [4.69, 9.17) is 14.2 Å². The van der Waals surface area contributed by atoms with Crippen LogP contribution < -0.4 is 14.8 Å². The zero-order valence-electron chi connectivity index (χ0n) is 11.9. The first-order chi connectivity index (χ1) is 9.81. The molecule has 1 fully saturated rings. The molecule has 0 amide bonds. The van der Waals surface area contributed by atoms with Crippen molar-refractivity contribution in [3.8, 4) is 11.5 Å². The molecule has 2 heterocycles. The molecule has 0 radical (unpaired) electrons. The second-order valence-corrected chi connectivity index (χ2v) is 5.36. The van der Waals surface area contributed by atoms with E-state index in [0.29, 0.717) is 13.2 Å². The Morgan fingerprint density at radius 3 is 2.90 bits per heavy atom. The summed E-state index contributed by atoms with van der Waals surface area (Å²) in [6.07, 6.45) is 0.283. The fraction of sp³-hybridized carbons (Fsp3) is 0.600. The monoisotopic (exact) mass is 278 g/mol. The smallest absolute Gasteiger partial charge is 0.161 e. The molecular formula is C15H22N2O3. The Hall–Kier alpha value is -1.30. The first-order valence-electron chi connectivity index (χ1n) is 7.20. The van der Waals surface area contributed by atoms with Crippen LogP contribution in [0.3, 0.4) is 0 Å². The first kappa shape index (κ1) is 13.7. The molecule has 1 N–H and O–H groups in total. The van der Waals surface area contributed by atoms with Crippen LogP contribution >= 0.6 is 0 Å². The minimum atomic E-state index is 0.283. The summed E-state index contributed by atoms with van der Waals surface area (Å²) >= 11 is 0. The van der Waals surface area contributed by atoms with E-state index in [-0.39, 0.29) is 6.10 Å². The molecule has 1 aromatic carbocycles. The summed E-state index contributed by atoms with van der Waals surface area (Å²) in [7, 11) is 2.14. The Kier molecular flexibility index (Phi) is 4.40. The first-order valence-corrected chi connectivity index (χ1v) is 7.20. The minimum absolute atomic E-state index is 0.283. The largest absolute Gasteiger partial charge is 0.486 e. The van der Waals surface area contributed by atoms with E-state index in [2.05, 4.69) is 29.4 Å². The van der Waals surface area contributed by atoms with Crippen LogP contribution in [-0.4, -0.2) is 57.5 Å². The molecular weight excluding hydrogens is 256 g/mol. The summed E-state index contributed by atoms with van der Waals surface area (Å²) in [5, 5.41) is 3.45. The lowest BCUT2D eigenvalue weighted by Crippen LogP contribution is -2.44. The molecule has 110 valence electrons. The summed E-state index contributed by atoms with van der Waals surface area (Å²) in [4.78, 5) is 2.31. The van der Waals surface area contributed by atoms with Crippen molar-refractivity contribution >= 4 is 0 Å². The Balaban J connectivity index is 1.48. The van der Waals surface area contributed by atoms with Crippen molar-refractivity contribution < 1.29 is 14.2 Å². The van der Waals surface area contributed by atoms with Crippen molar-refractivity contribution in [2.45, 2.75) is 12.6 Å². The average Bonchev–Trinajstić information content (AvgIpc) is 2.47. The maximum Gasteiger partial charge on any atom is 0.161 e. The van der Waals surface area contributed by atoms with Gasteiger partial charge < -0.3 is 24.4 Å². The van der Waals surface area contributed by atoms with Gasteiger partial charge in [-0.2, -0.15) is 0 Å². The number of rotatable bonds is 4. The Labute approximate surface area is 119 Å². The van der Waals surface area contributed by atoms with Crippen molar-refractivity contribution in [1.29, 1.82) is 0 Å². The van der Waals surface area contributed by atoms with Gasteiger partial charge in [0.05, 0.1) is 12.7 Å². The van der Waals surface area contributed by atoms with Crippen LogP contribution in [0.2, 0.25) is 0 Å². The van der Waals surface area contributed by atoms with Crippen molar-refractivity contribution in [3.63, 3.8) is 0 Å². The lowest BCUT2D eigenvalue weighted by Gasteiger charge is -2.30. The summed E-state index contributed by atoms with van der Waals surface area (Å²) < 4.78 is 16.8. The van der Waals surface area contributed by atoms with E-state index in [1.165, 1.54) is 5.56 Å². The molecule has 0 spiro atoms. The molecule has 1 aromatic rings. The number of ether oxygens (including phenoxy) is 3. The molecule has 0 aliphatic carbocycles. The Morgan fingerprint density at radius 1 is 1.20 bits per heavy atom. The van der Waals surface area contributed by atoms with Gasteiger partial charge in [-0.1, -0.05) is 6.07 Å². The quantitative estimate of drug-likeness (QED) is 0.885. The third-order valence-electron chi connectivity index (χ3n) is 3.65. The highest BCUT2D eigenvalue weighted by Crippen LogP contribution is 2.30. The van der Waals surface area contributed by atoms with Gasteiger partial charge in [-0.25, -0.2) is 0 Å². The van der Waals surface area contributed by atoms with E-state index in [9.17, 15) is 0 Å². The fourth-order valence-electron chi connectivity index (χ4n) is 2.57. The summed E-state index contributed by atoms with van der Waals surface area (Å²) in [5.41, 5.74) is 1.21. The van der Waals surface area contributed by atoms with Gasteiger partial charge in [0, 0.05) is 26.2 Å².